The van der Waals surface area contributed by atoms with Crippen LogP contribution in [0.5, 0.6) is 0 Å². The van der Waals surface area contributed by atoms with Gasteiger partial charge in [-0.15, -0.1) is 0 Å². The fourth-order valence-electron chi connectivity index (χ4n) is 2.59. The summed E-state index contributed by atoms with van der Waals surface area (Å²) in [5, 5.41) is 0. The van der Waals surface area contributed by atoms with Gasteiger partial charge >= 0.3 is 0 Å². The highest BCUT2D eigenvalue weighted by Gasteiger charge is 2.52. The molecular formula is C13H28N2O. The maximum atomic E-state index is 6.33. The Morgan fingerprint density at radius 2 is 1.69 bits per heavy atom. The Balaban J connectivity index is 2.79. The molecule has 1 saturated heterocycles. The molecule has 3 heteroatoms. The molecule has 1 aliphatic heterocycles. The molecule has 0 aromatic rings. The van der Waals surface area contributed by atoms with E-state index in [4.69, 9.17) is 10.5 Å². The normalized spacial score (nSPS) is 32.6. The van der Waals surface area contributed by atoms with Gasteiger partial charge in [0.15, 0.2) is 0 Å². The molecule has 0 saturated carbocycles. The number of nitrogens with zero attached hydrogens (tertiary/aromatic N) is 1. The number of hydrogen-bond acceptors (Lipinski definition) is 3. The standard InChI is InChI=1S/C13H28N2O/c1-9(2)15(7)8-10-11(14)13(5,6)16-12(10,3)4/h9-11H,8,14H2,1-7H3. The van der Waals surface area contributed by atoms with Crippen molar-refractivity contribution < 1.29 is 4.74 Å². The third-order valence-electron chi connectivity index (χ3n) is 4.02. The van der Waals surface area contributed by atoms with Crippen molar-refractivity contribution in [3.63, 3.8) is 0 Å². The molecule has 0 amide bonds. The van der Waals surface area contributed by atoms with Crippen molar-refractivity contribution in [3.8, 4) is 0 Å². The topological polar surface area (TPSA) is 38.5 Å². The summed E-state index contributed by atoms with van der Waals surface area (Å²) < 4.78 is 6.09. The predicted molar refractivity (Wildman–Crippen MR) is 68.5 cm³/mol. The van der Waals surface area contributed by atoms with Crippen LogP contribution in [0.15, 0.2) is 0 Å². The maximum Gasteiger partial charge on any atom is 0.0788 e. The summed E-state index contributed by atoms with van der Waals surface area (Å²) >= 11 is 0. The van der Waals surface area contributed by atoms with E-state index in [1.54, 1.807) is 0 Å². The summed E-state index contributed by atoms with van der Waals surface area (Å²) in [5.74, 6) is 0.384. The average molecular weight is 228 g/mol. The third kappa shape index (κ3) is 2.58. The van der Waals surface area contributed by atoms with E-state index in [0.29, 0.717) is 12.0 Å². The summed E-state index contributed by atoms with van der Waals surface area (Å²) in [7, 11) is 2.15. The van der Waals surface area contributed by atoms with Crippen LogP contribution in [0, 0.1) is 5.92 Å². The lowest BCUT2D eigenvalue weighted by atomic mass is 9.82. The predicted octanol–water partition coefficient (Wildman–Crippen LogP) is 1.86. The zero-order valence-electron chi connectivity index (χ0n) is 11.9. The molecule has 2 unspecified atom stereocenters. The van der Waals surface area contributed by atoms with Crippen molar-refractivity contribution >= 4 is 0 Å². The van der Waals surface area contributed by atoms with E-state index in [1.165, 1.54) is 0 Å². The van der Waals surface area contributed by atoms with Crippen LogP contribution < -0.4 is 5.73 Å². The van der Waals surface area contributed by atoms with Gasteiger partial charge in [0, 0.05) is 24.5 Å². The zero-order valence-corrected chi connectivity index (χ0v) is 11.9. The molecule has 16 heavy (non-hydrogen) atoms. The van der Waals surface area contributed by atoms with E-state index in [1.807, 2.05) is 0 Å². The molecule has 0 radical (unpaired) electrons. The van der Waals surface area contributed by atoms with Gasteiger partial charge in [-0.05, 0) is 48.6 Å². The Kier molecular flexibility index (Phi) is 3.73. The van der Waals surface area contributed by atoms with Crippen LogP contribution in [0.3, 0.4) is 0 Å². The smallest absolute Gasteiger partial charge is 0.0788 e. The highest BCUT2D eigenvalue weighted by molar-refractivity contribution is 5.04. The number of rotatable bonds is 3. The van der Waals surface area contributed by atoms with E-state index < -0.39 is 0 Å². The van der Waals surface area contributed by atoms with Gasteiger partial charge in [-0.25, -0.2) is 0 Å². The SMILES string of the molecule is CC(C)N(C)CC1C(N)C(C)(C)OC1(C)C. The maximum absolute atomic E-state index is 6.33. The number of ether oxygens (including phenoxy) is 1. The number of hydrogen-bond donors (Lipinski definition) is 1. The summed E-state index contributed by atoms with van der Waals surface area (Å²) in [6.45, 7) is 13.9. The van der Waals surface area contributed by atoms with E-state index in [2.05, 4.69) is 53.5 Å². The van der Waals surface area contributed by atoms with Crippen molar-refractivity contribution in [2.45, 2.75) is 64.8 Å². The van der Waals surface area contributed by atoms with Crippen LogP contribution in [-0.2, 0) is 4.74 Å². The van der Waals surface area contributed by atoms with Crippen molar-refractivity contribution in [1.29, 1.82) is 0 Å². The first kappa shape index (κ1) is 13.9. The van der Waals surface area contributed by atoms with Gasteiger partial charge in [0.25, 0.3) is 0 Å². The van der Waals surface area contributed by atoms with Gasteiger partial charge in [0.05, 0.1) is 11.2 Å². The quantitative estimate of drug-likeness (QED) is 0.801. The van der Waals surface area contributed by atoms with Crippen LogP contribution in [0.2, 0.25) is 0 Å². The fraction of sp³-hybridized carbons (Fsp3) is 1.00. The van der Waals surface area contributed by atoms with E-state index in [9.17, 15) is 0 Å². The molecule has 2 atom stereocenters. The molecule has 0 aromatic carbocycles. The minimum Gasteiger partial charge on any atom is -0.368 e. The first-order valence-electron chi connectivity index (χ1n) is 6.24. The molecular weight excluding hydrogens is 200 g/mol. The first-order valence-corrected chi connectivity index (χ1v) is 6.24. The second-order valence-corrected chi connectivity index (χ2v) is 6.47. The lowest BCUT2D eigenvalue weighted by molar-refractivity contribution is -0.0784. The van der Waals surface area contributed by atoms with Gasteiger partial charge in [-0.2, -0.15) is 0 Å². The highest BCUT2D eigenvalue weighted by atomic mass is 16.5. The summed E-state index contributed by atoms with van der Waals surface area (Å²) in [5.41, 5.74) is 5.98. The molecule has 1 rings (SSSR count). The fourth-order valence-corrected chi connectivity index (χ4v) is 2.59. The van der Waals surface area contributed by atoms with Crippen molar-refractivity contribution in [1.82, 2.24) is 4.90 Å². The van der Waals surface area contributed by atoms with E-state index in [-0.39, 0.29) is 17.2 Å². The summed E-state index contributed by atoms with van der Waals surface area (Å²) in [6.07, 6.45) is 0. The highest BCUT2D eigenvalue weighted by Crippen LogP contribution is 2.41. The molecule has 0 aliphatic carbocycles. The lowest BCUT2D eigenvalue weighted by Crippen LogP contribution is -2.48. The Hall–Kier alpha value is -0.120. The average Bonchev–Trinajstić information content (AvgIpc) is 2.23. The Bertz CT molecular complexity index is 248. The van der Waals surface area contributed by atoms with Crippen LogP contribution in [0.25, 0.3) is 0 Å². The Labute approximate surface area is 100 Å². The van der Waals surface area contributed by atoms with Gasteiger partial charge in [0.1, 0.15) is 0 Å². The second kappa shape index (κ2) is 4.28. The summed E-state index contributed by atoms with van der Waals surface area (Å²) in [4.78, 5) is 2.34. The molecule has 2 N–H and O–H groups in total. The second-order valence-electron chi connectivity index (χ2n) is 6.47. The van der Waals surface area contributed by atoms with Crippen LogP contribution in [-0.4, -0.2) is 41.8 Å². The van der Waals surface area contributed by atoms with Crippen molar-refractivity contribution in [3.05, 3.63) is 0 Å². The van der Waals surface area contributed by atoms with Gasteiger partial charge in [-0.1, -0.05) is 0 Å². The molecule has 1 heterocycles. The van der Waals surface area contributed by atoms with E-state index in [0.717, 1.165) is 6.54 Å². The Morgan fingerprint density at radius 3 is 2.00 bits per heavy atom. The van der Waals surface area contributed by atoms with Crippen molar-refractivity contribution in [2.75, 3.05) is 13.6 Å². The molecule has 96 valence electrons. The van der Waals surface area contributed by atoms with E-state index >= 15 is 0 Å². The third-order valence-corrected chi connectivity index (χ3v) is 4.02. The van der Waals surface area contributed by atoms with Crippen LogP contribution in [0.1, 0.15) is 41.5 Å². The van der Waals surface area contributed by atoms with Crippen LogP contribution >= 0.6 is 0 Å². The van der Waals surface area contributed by atoms with Gasteiger partial charge in [-0.3, -0.25) is 0 Å². The summed E-state index contributed by atoms with van der Waals surface area (Å²) in [6, 6.07) is 0.649. The molecule has 0 bridgehead atoms. The largest absolute Gasteiger partial charge is 0.368 e. The lowest BCUT2D eigenvalue weighted by Gasteiger charge is -2.33. The molecule has 0 spiro atoms. The minimum absolute atomic E-state index is 0.101. The molecule has 3 nitrogen and oxygen atoms in total. The van der Waals surface area contributed by atoms with Crippen LogP contribution in [0.4, 0.5) is 0 Å². The van der Waals surface area contributed by atoms with Gasteiger partial charge < -0.3 is 15.4 Å². The van der Waals surface area contributed by atoms with Gasteiger partial charge in [0.2, 0.25) is 0 Å². The zero-order chi connectivity index (χ0) is 12.7. The molecule has 1 fully saturated rings. The minimum atomic E-state index is -0.216. The number of nitrogens with two attached hydrogens (primary N) is 1. The molecule has 0 aromatic heterocycles. The molecule has 1 aliphatic rings. The first-order chi connectivity index (χ1) is 7.08. The Morgan fingerprint density at radius 1 is 1.19 bits per heavy atom. The van der Waals surface area contributed by atoms with Crippen molar-refractivity contribution in [2.24, 2.45) is 11.7 Å². The monoisotopic (exact) mass is 228 g/mol.